The van der Waals surface area contributed by atoms with Gasteiger partial charge in [-0.1, -0.05) is 11.8 Å². The molecular formula is C17H17N5S. The summed E-state index contributed by atoms with van der Waals surface area (Å²) in [5, 5.41) is 10.1. The van der Waals surface area contributed by atoms with Crippen molar-refractivity contribution in [2.45, 2.75) is 38.5 Å². The van der Waals surface area contributed by atoms with Gasteiger partial charge in [-0.15, -0.1) is 0 Å². The SMILES string of the molecule is Cc1cc(C)c(C#N)c(SCc2cn3c(C)cc(C)nc3n2)n1. The molecule has 0 N–H and O–H groups in total. The Bertz CT molecular complexity index is 936. The number of rotatable bonds is 3. The molecule has 0 unspecified atom stereocenters. The van der Waals surface area contributed by atoms with Crippen LogP contribution in [0.15, 0.2) is 23.4 Å². The highest BCUT2D eigenvalue weighted by Crippen LogP contribution is 2.26. The zero-order valence-corrected chi connectivity index (χ0v) is 14.4. The van der Waals surface area contributed by atoms with Crippen molar-refractivity contribution in [3.05, 3.63) is 52.2 Å². The minimum Gasteiger partial charge on any atom is -0.288 e. The van der Waals surface area contributed by atoms with Gasteiger partial charge in [-0.05, 0) is 45.4 Å². The van der Waals surface area contributed by atoms with E-state index in [1.807, 2.05) is 50.4 Å². The molecule has 0 aliphatic rings. The standard InChI is InChI=1S/C17H17N5S/c1-10-5-11(2)19-16(15(10)7-18)23-9-14-8-22-13(4)6-12(3)20-17(22)21-14/h5-6,8H,9H2,1-4H3. The maximum Gasteiger partial charge on any atom is 0.234 e. The average molecular weight is 323 g/mol. The van der Waals surface area contributed by atoms with Crippen molar-refractivity contribution in [1.82, 2.24) is 19.4 Å². The molecule has 3 aromatic rings. The predicted molar refractivity (Wildman–Crippen MR) is 90.4 cm³/mol. The van der Waals surface area contributed by atoms with E-state index in [-0.39, 0.29) is 0 Å². The molecule has 0 amide bonds. The number of thioether (sulfide) groups is 1. The van der Waals surface area contributed by atoms with Gasteiger partial charge in [0.15, 0.2) is 0 Å². The number of imidazole rings is 1. The van der Waals surface area contributed by atoms with Crippen LogP contribution in [0.5, 0.6) is 0 Å². The summed E-state index contributed by atoms with van der Waals surface area (Å²) in [6.07, 6.45) is 2.00. The van der Waals surface area contributed by atoms with Crippen LogP contribution in [-0.4, -0.2) is 19.4 Å². The Morgan fingerprint density at radius 1 is 1.09 bits per heavy atom. The summed E-state index contributed by atoms with van der Waals surface area (Å²) in [4.78, 5) is 13.5. The third kappa shape index (κ3) is 3.06. The second-order valence-electron chi connectivity index (χ2n) is 5.60. The summed E-state index contributed by atoms with van der Waals surface area (Å²) in [5.41, 5.74) is 5.54. The highest BCUT2D eigenvalue weighted by atomic mass is 32.2. The van der Waals surface area contributed by atoms with Gasteiger partial charge in [0.25, 0.3) is 0 Å². The molecule has 0 fully saturated rings. The van der Waals surface area contributed by atoms with E-state index >= 15 is 0 Å². The molecule has 3 rings (SSSR count). The Hall–Kier alpha value is -2.39. The van der Waals surface area contributed by atoms with Gasteiger partial charge in [0.2, 0.25) is 5.78 Å². The van der Waals surface area contributed by atoms with Gasteiger partial charge in [0, 0.05) is 29.0 Å². The summed E-state index contributed by atoms with van der Waals surface area (Å²) >= 11 is 1.54. The normalized spacial score (nSPS) is 10.9. The van der Waals surface area contributed by atoms with Gasteiger partial charge in [0.05, 0.1) is 11.3 Å². The monoisotopic (exact) mass is 323 g/mol. The van der Waals surface area contributed by atoms with Crippen molar-refractivity contribution in [1.29, 1.82) is 5.26 Å². The van der Waals surface area contributed by atoms with Crippen LogP contribution >= 0.6 is 11.8 Å². The fourth-order valence-corrected chi connectivity index (χ4v) is 3.56. The molecule has 3 heterocycles. The Balaban J connectivity index is 1.90. The first kappa shape index (κ1) is 15.5. The average Bonchev–Trinajstić information content (AvgIpc) is 2.87. The largest absolute Gasteiger partial charge is 0.288 e. The lowest BCUT2D eigenvalue weighted by Crippen LogP contribution is -1.94. The van der Waals surface area contributed by atoms with Gasteiger partial charge in [-0.25, -0.2) is 15.0 Å². The highest BCUT2D eigenvalue weighted by molar-refractivity contribution is 7.98. The number of hydrogen-bond acceptors (Lipinski definition) is 5. The summed E-state index contributed by atoms with van der Waals surface area (Å²) in [6, 6.07) is 6.22. The first-order chi connectivity index (χ1) is 11.0. The number of aryl methyl sites for hydroxylation is 4. The van der Waals surface area contributed by atoms with E-state index < -0.39 is 0 Å². The topological polar surface area (TPSA) is 66.9 Å². The van der Waals surface area contributed by atoms with Crippen LogP contribution in [0.1, 0.15) is 33.9 Å². The van der Waals surface area contributed by atoms with E-state index in [0.29, 0.717) is 17.1 Å². The van der Waals surface area contributed by atoms with Crippen molar-refractivity contribution < 1.29 is 0 Å². The number of fused-ring (bicyclic) bond motifs is 1. The molecule has 0 aromatic carbocycles. The van der Waals surface area contributed by atoms with Crippen molar-refractivity contribution in [3.8, 4) is 6.07 Å². The third-order valence-corrected chi connectivity index (χ3v) is 4.60. The summed E-state index contributed by atoms with van der Waals surface area (Å²) in [6.45, 7) is 7.89. The van der Waals surface area contributed by atoms with Crippen molar-refractivity contribution in [2.24, 2.45) is 0 Å². The Morgan fingerprint density at radius 2 is 1.83 bits per heavy atom. The Labute approximate surface area is 139 Å². The van der Waals surface area contributed by atoms with Gasteiger partial charge in [0.1, 0.15) is 11.1 Å². The molecule has 0 saturated carbocycles. The zero-order valence-electron chi connectivity index (χ0n) is 13.6. The third-order valence-electron chi connectivity index (χ3n) is 3.59. The number of hydrogen-bond donors (Lipinski definition) is 0. The molecule has 0 atom stereocenters. The summed E-state index contributed by atoms with van der Waals surface area (Å²) < 4.78 is 1.99. The van der Waals surface area contributed by atoms with Crippen molar-refractivity contribution in [2.75, 3.05) is 0 Å². The molecule has 0 aliphatic carbocycles. The van der Waals surface area contributed by atoms with E-state index in [1.165, 1.54) is 0 Å². The molecule has 0 bridgehead atoms. The second kappa shape index (κ2) is 6.01. The minimum atomic E-state index is 0.648. The van der Waals surface area contributed by atoms with E-state index in [9.17, 15) is 5.26 Å². The van der Waals surface area contributed by atoms with Crippen LogP contribution in [0.25, 0.3) is 5.78 Å². The number of aromatic nitrogens is 4. The van der Waals surface area contributed by atoms with Gasteiger partial charge in [-0.3, -0.25) is 4.40 Å². The summed E-state index contributed by atoms with van der Waals surface area (Å²) in [7, 11) is 0. The van der Waals surface area contributed by atoms with Crippen LogP contribution < -0.4 is 0 Å². The van der Waals surface area contributed by atoms with E-state index in [1.54, 1.807) is 11.8 Å². The van der Waals surface area contributed by atoms with Crippen LogP contribution in [-0.2, 0) is 5.75 Å². The van der Waals surface area contributed by atoms with Gasteiger partial charge < -0.3 is 0 Å². The van der Waals surface area contributed by atoms with E-state index in [4.69, 9.17) is 0 Å². The number of nitriles is 1. The van der Waals surface area contributed by atoms with Crippen LogP contribution in [0.2, 0.25) is 0 Å². The Kier molecular flexibility index (Phi) is 4.05. The quantitative estimate of drug-likeness (QED) is 0.690. The van der Waals surface area contributed by atoms with Crippen LogP contribution in [0.3, 0.4) is 0 Å². The lowest BCUT2D eigenvalue weighted by Gasteiger charge is -2.06. The lowest BCUT2D eigenvalue weighted by atomic mass is 10.1. The maximum atomic E-state index is 9.34. The summed E-state index contributed by atoms with van der Waals surface area (Å²) in [5.74, 6) is 1.37. The Morgan fingerprint density at radius 3 is 2.57 bits per heavy atom. The van der Waals surface area contributed by atoms with Crippen molar-refractivity contribution in [3.63, 3.8) is 0 Å². The van der Waals surface area contributed by atoms with E-state index in [2.05, 4.69) is 21.0 Å². The molecule has 0 spiro atoms. The lowest BCUT2D eigenvalue weighted by molar-refractivity contribution is 1.01. The van der Waals surface area contributed by atoms with Crippen molar-refractivity contribution >= 4 is 17.5 Å². The fraction of sp³-hybridized carbons (Fsp3) is 0.294. The first-order valence-corrected chi connectivity index (χ1v) is 8.30. The molecule has 0 aliphatic heterocycles. The fourth-order valence-electron chi connectivity index (χ4n) is 2.57. The second-order valence-corrected chi connectivity index (χ2v) is 6.57. The number of pyridine rings is 1. The molecule has 3 aromatic heterocycles. The predicted octanol–water partition coefficient (Wildman–Crippen LogP) is 3.52. The maximum absolute atomic E-state index is 9.34. The first-order valence-electron chi connectivity index (χ1n) is 7.31. The zero-order chi connectivity index (χ0) is 16.6. The van der Waals surface area contributed by atoms with Gasteiger partial charge in [-0.2, -0.15) is 5.26 Å². The smallest absolute Gasteiger partial charge is 0.234 e. The van der Waals surface area contributed by atoms with Crippen LogP contribution in [0.4, 0.5) is 0 Å². The minimum absolute atomic E-state index is 0.648. The molecular weight excluding hydrogens is 306 g/mol. The molecule has 0 saturated heterocycles. The molecule has 5 nitrogen and oxygen atoms in total. The van der Waals surface area contributed by atoms with Crippen LogP contribution in [0, 0.1) is 39.0 Å². The molecule has 23 heavy (non-hydrogen) atoms. The van der Waals surface area contributed by atoms with Gasteiger partial charge >= 0.3 is 0 Å². The molecule has 6 heteroatoms. The molecule has 0 radical (unpaired) electrons. The van der Waals surface area contributed by atoms with E-state index in [0.717, 1.165) is 33.4 Å². The number of nitrogens with zero attached hydrogens (tertiary/aromatic N) is 5. The highest BCUT2D eigenvalue weighted by Gasteiger charge is 2.11. The molecule has 116 valence electrons.